The monoisotopic (exact) mass is 363 g/mol. The first kappa shape index (κ1) is 18.5. The molecule has 9 nitrogen and oxygen atoms in total. The lowest BCUT2D eigenvalue weighted by Gasteiger charge is -2.10. The van der Waals surface area contributed by atoms with Gasteiger partial charge in [-0.15, -0.1) is 0 Å². The number of carbonyl (C=O) groups is 1. The molecule has 0 aliphatic heterocycles. The average molecular weight is 363 g/mol. The minimum Gasteiger partial charge on any atom is -0.382 e. The van der Waals surface area contributed by atoms with E-state index in [2.05, 4.69) is 15.3 Å². The molecule has 0 spiro atoms. The van der Waals surface area contributed by atoms with Gasteiger partial charge in [-0.3, -0.25) is 24.7 Å². The van der Waals surface area contributed by atoms with Crippen molar-refractivity contribution in [2.45, 2.75) is 25.4 Å². The highest BCUT2D eigenvalue weighted by Gasteiger charge is 2.20. The third kappa shape index (κ3) is 4.15. The van der Waals surface area contributed by atoms with Gasteiger partial charge in [-0.25, -0.2) is 4.98 Å². The number of amides is 1. The Morgan fingerprint density at radius 3 is 2.80 bits per heavy atom. The molecular weight excluding hydrogens is 346 g/mol. The molecular formula is C15H17N5O4S. The zero-order chi connectivity index (χ0) is 18.6. The molecule has 10 heteroatoms. The van der Waals surface area contributed by atoms with Gasteiger partial charge in [-0.1, -0.05) is 24.8 Å². The Hall–Kier alpha value is -2.88. The molecule has 0 bridgehead atoms. The van der Waals surface area contributed by atoms with Crippen LogP contribution in [-0.2, 0) is 0 Å². The van der Waals surface area contributed by atoms with Crippen LogP contribution < -0.4 is 16.6 Å². The van der Waals surface area contributed by atoms with Crippen LogP contribution in [0.3, 0.4) is 0 Å². The predicted octanol–water partition coefficient (Wildman–Crippen LogP) is 2.32. The molecule has 4 N–H and O–H groups in total. The van der Waals surface area contributed by atoms with Crippen LogP contribution >= 0.6 is 11.8 Å². The number of thioether (sulfide) groups is 1. The van der Waals surface area contributed by atoms with Gasteiger partial charge in [0, 0.05) is 22.9 Å². The molecule has 0 saturated carbocycles. The quantitative estimate of drug-likeness (QED) is 0.309. The number of H-pyrrole nitrogens is 1. The van der Waals surface area contributed by atoms with Crippen LogP contribution in [0.25, 0.3) is 0 Å². The second kappa shape index (κ2) is 7.79. The van der Waals surface area contributed by atoms with Crippen molar-refractivity contribution in [1.29, 1.82) is 0 Å². The van der Waals surface area contributed by atoms with Gasteiger partial charge in [0.2, 0.25) is 0 Å². The Labute approximate surface area is 147 Å². The van der Waals surface area contributed by atoms with Gasteiger partial charge in [-0.2, -0.15) is 0 Å². The van der Waals surface area contributed by atoms with Crippen molar-refractivity contribution in [3.63, 3.8) is 0 Å². The standard InChI is InChI=1S/C15H17N5O4S/c1-3-7-25-15-18-12(16)11(14(22)19-15)17-13(21)9-5-4-6-10(8(9)2)20(23)24/h4-6H,3,7H2,1-2H3,(H,17,21)(H3,16,18,19,22). The maximum Gasteiger partial charge on any atom is 0.277 e. The molecule has 0 aliphatic rings. The number of benzene rings is 1. The molecule has 1 aromatic carbocycles. The summed E-state index contributed by atoms with van der Waals surface area (Å²) in [5, 5.41) is 13.7. The number of hydrogen-bond donors (Lipinski definition) is 3. The Balaban J connectivity index is 2.31. The zero-order valence-electron chi connectivity index (χ0n) is 13.7. The van der Waals surface area contributed by atoms with Gasteiger partial charge in [-0.05, 0) is 19.4 Å². The number of nitrogen functional groups attached to an aromatic ring is 1. The van der Waals surface area contributed by atoms with Crippen LogP contribution in [0.1, 0.15) is 29.3 Å². The lowest BCUT2D eigenvalue weighted by molar-refractivity contribution is -0.385. The summed E-state index contributed by atoms with van der Waals surface area (Å²) < 4.78 is 0. The number of aromatic amines is 1. The van der Waals surface area contributed by atoms with Crippen LogP contribution in [-0.4, -0.2) is 26.6 Å². The van der Waals surface area contributed by atoms with Gasteiger partial charge in [0.25, 0.3) is 17.2 Å². The highest BCUT2D eigenvalue weighted by atomic mass is 32.2. The van der Waals surface area contributed by atoms with Gasteiger partial charge < -0.3 is 11.1 Å². The number of nitro benzene ring substituents is 1. The number of rotatable bonds is 6. The smallest absolute Gasteiger partial charge is 0.277 e. The molecule has 0 radical (unpaired) electrons. The van der Waals surface area contributed by atoms with Gasteiger partial charge in [0.1, 0.15) is 5.69 Å². The van der Waals surface area contributed by atoms with E-state index in [4.69, 9.17) is 5.73 Å². The Morgan fingerprint density at radius 2 is 2.20 bits per heavy atom. The van der Waals surface area contributed by atoms with Crippen molar-refractivity contribution in [2.24, 2.45) is 0 Å². The van der Waals surface area contributed by atoms with Crippen LogP contribution in [0.5, 0.6) is 0 Å². The Kier molecular flexibility index (Phi) is 5.75. The van der Waals surface area contributed by atoms with Crippen LogP contribution in [0.15, 0.2) is 28.2 Å². The number of nitrogens with two attached hydrogens (primary N) is 1. The molecule has 0 saturated heterocycles. The molecule has 132 valence electrons. The summed E-state index contributed by atoms with van der Waals surface area (Å²) in [4.78, 5) is 41.5. The predicted molar refractivity (Wildman–Crippen MR) is 96.1 cm³/mol. The molecule has 0 fully saturated rings. The topological polar surface area (TPSA) is 144 Å². The van der Waals surface area contributed by atoms with E-state index < -0.39 is 16.4 Å². The summed E-state index contributed by atoms with van der Waals surface area (Å²) in [7, 11) is 0. The van der Waals surface area contributed by atoms with Crippen molar-refractivity contribution in [3.05, 3.63) is 49.8 Å². The van der Waals surface area contributed by atoms with E-state index in [0.29, 0.717) is 5.16 Å². The van der Waals surface area contributed by atoms with E-state index in [0.717, 1.165) is 12.2 Å². The third-order valence-corrected chi connectivity index (χ3v) is 4.43. The summed E-state index contributed by atoms with van der Waals surface area (Å²) in [5.41, 5.74) is 5.10. The van der Waals surface area contributed by atoms with Gasteiger partial charge >= 0.3 is 0 Å². The van der Waals surface area contributed by atoms with Crippen LogP contribution in [0, 0.1) is 17.0 Å². The maximum absolute atomic E-state index is 12.4. The summed E-state index contributed by atoms with van der Waals surface area (Å²) in [6.07, 6.45) is 0.902. The first-order chi connectivity index (χ1) is 11.8. The van der Waals surface area contributed by atoms with E-state index in [1.54, 1.807) is 0 Å². The molecule has 1 aromatic heterocycles. The fraction of sp³-hybridized carbons (Fsp3) is 0.267. The fourth-order valence-corrected chi connectivity index (χ4v) is 2.83. The SMILES string of the molecule is CCCSc1nc(N)c(NC(=O)c2cccc([N+](=O)[O-])c2C)c(=O)[nH]1. The highest BCUT2D eigenvalue weighted by molar-refractivity contribution is 7.99. The minimum atomic E-state index is -0.672. The molecule has 25 heavy (non-hydrogen) atoms. The van der Waals surface area contributed by atoms with Gasteiger partial charge in [0.15, 0.2) is 11.0 Å². The summed E-state index contributed by atoms with van der Waals surface area (Å²) in [6, 6.07) is 4.13. The zero-order valence-corrected chi connectivity index (χ0v) is 14.5. The molecule has 0 unspecified atom stereocenters. The van der Waals surface area contributed by atoms with Crippen molar-refractivity contribution in [3.8, 4) is 0 Å². The molecule has 0 aliphatic carbocycles. The number of hydrogen-bond acceptors (Lipinski definition) is 7. The van der Waals surface area contributed by atoms with Crippen molar-refractivity contribution in [2.75, 3.05) is 16.8 Å². The minimum absolute atomic E-state index is 0.0810. The van der Waals surface area contributed by atoms with E-state index in [1.807, 2.05) is 6.92 Å². The third-order valence-electron chi connectivity index (χ3n) is 3.35. The number of carbonyl (C=O) groups excluding carboxylic acids is 1. The van der Waals surface area contributed by atoms with Crippen molar-refractivity contribution < 1.29 is 9.72 Å². The van der Waals surface area contributed by atoms with Crippen LogP contribution in [0.4, 0.5) is 17.2 Å². The van der Waals surface area contributed by atoms with Gasteiger partial charge in [0.05, 0.1) is 4.92 Å². The first-order valence-corrected chi connectivity index (χ1v) is 8.41. The second-order valence-electron chi connectivity index (χ2n) is 5.14. The first-order valence-electron chi connectivity index (χ1n) is 7.43. The molecule has 2 rings (SSSR count). The van der Waals surface area contributed by atoms with Crippen LogP contribution in [0.2, 0.25) is 0 Å². The maximum atomic E-state index is 12.4. The summed E-state index contributed by atoms with van der Waals surface area (Å²) >= 11 is 1.35. The van der Waals surface area contributed by atoms with Crippen molar-refractivity contribution >= 4 is 34.9 Å². The van der Waals surface area contributed by atoms with Crippen molar-refractivity contribution in [1.82, 2.24) is 9.97 Å². The molecule has 2 aromatic rings. The molecule has 0 atom stereocenters. The summed E-state index contributed by atoms with van der Waals surface area (Å²) in [5.74, 6) is -0.0195. The lowest BCUT2D eigenvalue weighted by atomic mass is 10.1. The second-order valence-corrected chi connectivity index (χ2v) is 6.22. The van der Waals surface area contributed by atoms with E-state index in [1.165, 1.54) is 36.9 Å². The molecule has 1 heterocycles. The van der Waals surface area contributed by atoms with E-state index >= 15 is 0 Å². The normalized spacial score (nSPS) is 10.5. The number of nitrogens with one attached hydrogen (secondary N) is 2. The summed E-state index contributed by atoms with van der Waals surface area (Å²) in [6.45, 7) is 3.45. The van der Waals surface area contributed by atoms with E-state index in [-0.39, 0.29) is 28.3 Å². The Bertz CT molecular complexity index is 881. The highest BCUT2D eigenvalue weighted by Crippen LogP contribution is 2.23. The van der Waals surface area contributed by atoms with E-state index in [9.17, 15) is 19.7 Å². The largest absolute Gasteiger partial charge is 0.382 e. The average Bonchev–Trinajstić information content (AvgIpc) is 2.56. The molecule has 1 amide bonds. The number of nitrogens with zero attached hydrogens (tertiary/aromatic N) is 2. The number of anilines is 2. The number of aromatic nitrogens is 2. The lowest BCUT2D eigenvalue weighted by Crippen LogP contribution is -2.23. The fourth-order valence-electron chi connectivity index (χ4n) is 2.11. The number of nitro groups is 1. The Morgan fingerprint density at radius 1 is 1.48 bits per heavy atom.